The van der Waals surface area contributed by atoms with Crippen LogP contribution in [0.4, 0.5) is 0 Å². The van der Waals surface area contributed by atoms with Crippen molar-refractivity contribution in [3.63, 3.8) is 0 Å². The van der Waals surface area contributed by atoms with Gasteiger partial charge in [0, 0.05) is 19.3 Å². The Balaban J connectivity index is 4.25. The molecule has 54 heavy (non-hydrogen) atoms. The molecular weight excluding hydrogens is 673 g/mol. The van der Waals surface area contributed by atoms with Crippen molar-refractivity contribution >= 4 is 17.9 Å². The van der Waals surface area contributed by atoms with E-state index >= 15 is 0 Å². The highest BCUT2D eigenvalue weighted by Crippen LogP contribution is 2.17. The average Bonchev–Trinajstić information content (AvgIpc) is 3.12. The van der Waals surface area contributed by atoms with Crippen molar-refractivity contribution in [3.05, 3.63) is 0 Å². The third-order valence-electron chi connectivity index (χ3n) is 10.6. The van der Waals surface area contributed by atoms with E-state index in [1.54, 1.807) is 0 Å². The Labute approximate surface area is 336 Å². The highest BCUT2D eigenvalue weighted by Gasteiger charge is 2.19. The summed E-state index contributed by atoms with van der Waals surface area (Å²) in [4.78, 5) is 37.7. The fourth-order valence-corrected chi connectivity index (χ4v) is 7.06. The van der Waals surface area contributed by atoms with Crippen LogP contribution in [0.3, 0.4) is 0 Å². The zero-order chi connectivity index (χ0) is 39.9. The number of ether oxygens (including phenoxy) is 3. The minimum Gasteiger partial charge on any atom is -0.462 e. The van der Waals surface area contributed by atoms with Crippen LogP contribution in [0.5, 0.6) is 0 Å². The fourth-order valence-electron chi connectivity index (χ4n) is 7.06. The molecule has 0 radical (unpaired) electrons. The van der Waals surface area contributed by atoms with Gasteiger partial charge in [-0.2, -0.15) is 0 Å². The van der Waals surface area contributed by atoms with Crippen LogP contribution in [0, 0.1) is 17.8 Å². The van der Waals surface area contributed by atoms with Crippen molar-refractivity contribution in [1.29, 1.82) is 0 Å². The molecule has 6 heteroatoms. The number of hydrogen-bond acceptors (Lipinski definition) is 6. The number of unbranched alkanes of at least 4 members (excludes halogenated alkanes) is 24. The summed E-state index contributed by atoms with van der Waals surface area (Å²) in [6, 6.07) is 0. The first kappa shape index (κ1) is 52.4. The summed E-state index contributed by atoms with van der Waals surface area (Å²) in [5.41, 5.74) is 0. The molecule has 0 heterocycles. The maximum atomic E-state index is 12.7. The van der Waals surface area contributed by atoms with Gasteiger partial charge in [-0.25, -0.2) is 0 Å². The number of carbonyl (C=O) groups excluding carboxylic acids is 3. The Bertz CT molecular complexity index is 837. The summed E-state index contributed by atoms with van der Waals surface area (Å²) in [6.45, 7) is 13.6. The van der Waals surface area contributed by atoms with Crippen LogP contribution in [0.15, 0.2) is 0 Å². The summed E-state index contributed by atoms with van der Waals surface area (Å²) >= 11 is 0. The highest BCUT2D eigenvalue weighted by atomic mass is 16.6. The zero-order valence-corrected chi connectivity index (χ0v) is 37.0. The monoisotopic (exact) mass is 765 g/mol. The molecule has 1 atom stereocenters. The van der Waals surface area contributed by atoms with Gasteiger partial charge in [-0.3, -0.25) is 14.4 Å². The normalized spacial score (nSPS) is 12.2. The minimum absolute atomic E-state index is 0.0667. The van der Waals surface area contributed by atoms with E-state index in [1.807, 2.05) is 0 Å². The molecule has 6 nitrogen and oxygen atoms in total. The highest BCUT2D eigenvalue weighted by molar-refractivity contribution is 5.71. The van der Waals surface area contributed by atoms with Crippen LogP contribution in [-0.4, -0.2) is 37.2 Å². The van der Waals surface area contributed by atoms with Gasteiger partial charge in [0.1, 0.15) is 13.2 Å². The Morgan fingerprint density at radius 2 is 0.537 bits per heavy atom. The Morgan fingerprint density at radius 3 is 0.796 bits per heavy atom. The Hall–Kier alpha value is -1.59. The molecule has 0 aliphatic heterocycles. The molecule has 0 aromatic heterocycles. The van der Waals surface area contributed by atoms with Gasteiger partial charge in [-0.15, -0.1) is 0 Å². The van der Waals surface area contributed by atoms with Gasteiger partial charge in [0.15, 0.2) is 6.10 Å². The molecule has 0 fully saturated rings. The second kappa shape index (κ2) is 39.6. The molecule has 0 spiro atoms. The smallest absolute Gasteiger partial charge is 0.306 e. The van der Waals surface area contributed by atoms with Gasteiger partial charge >= 0.3 is 17.9 Å². The molecule has 0 saturated heterocycles. The maximum absolute atomic E-state index is 12.7. The van der Waals surface area contributed by atoms with Crippen LogP contribution < -0.4 is 0 Å². The van der Waals surface area contributed by atoms with Crippen molar-refractivity contribution in [2.24, 2.45) is 17.8 Å². The van der Waals surface area contributed by atoms with E-state index in [0.29, 0.717) is 19.3 Å². The average molecular weight is 765 g/mol. The van der Waals surface area contributed by atoms with Crippen molar-refractivity contribution in [1.82, 2.24) is 0 Å². The summed E-state index contributed by atoms with van der Waals surface area (Å²) in [7, 11) is 0. The minimum atomic E-state index is -0.762. The fraction of sp³-hybridized carbons (Fsp3) is 0.938. The lowest BCUT2D eigenvalue weighted by Crippen LogP contribution is -2.30. The largest absolute Gasteiger partial charge is 0.462 e. The van der Waals surface area contributed by atoms with E-state index in [0.717, 1.165) is 75.5 Å². The van der Waals surface area contributed by atoms with E-state index < -0.39 is 6.10 Å². The number of rotatable bonds is 41. The summed E-state index contributed by atoms with van der Waals surface area (Å²) < 4.78 is 16.7. The van der Waals surface area contributed by atoms with Crippen LogP contribution in [0.25, 0.3) is 0 Å². The summed E-state index contributed by atoms with van der Waals surface area (Å²) in [5.74, 6) is 1.52. The van der Waals surface area contributed by atoms with Gasteiger partial charge < -0.3 is 14.2 Å². The quantitative estimate of drug-likeness (QED) is 0.0350. The molecule has 0 aromatic rings. The zero-order valence-electron chi connectivity index (χ0n) is 37.0. The lowest BCUT2D eigenvalue weighted by molar-refractivity contribution is -0.167. The topological polar surface area (TPSA) is 78.9 Å². The number of carbonyl (C=O) groups is 3. The third-order valence-corrected chi connectivity index (χ3v) is 10.6. The van der Waals surface area contributed by atoms with Gasteiger partial charge in [0.05, 0.1) is 0 Å². The van der Waals surface area contributed by atoms with Crippen molar-refractivity contribution in [3.8, 4) is 0 Å². The lowest BCUT2D eigenvalue weighted by atomic mass is 10.0. The number of hydrogen-bond donors (Lipinski definition) is 0. The molecule has 0 rings (SSSR count). The SMILES string of the molecule is CC(C)CCCCCCCCCCCCCCCCC(=O)OC[C@@H](COC(=O)CCCCCCCCC(C)C)OC(=O)CCCCCCCCCC(C)C. The van der Waals surface area contributed by atoms with E-state index in [2.05, 4.69) is 41.5 Å². The predicted molar refractivity (Wildman–Crippen MR) is 229 cm³/mol. The molecule has 0 unspecified atom stereocenters. The molecular formula is C48H92O6. The molecule has 0 aliphatic carbocycles. The first-order valence-electron chi connectivity index (χ1n) is 23.6. The predicted octanol–water partition coefficient (Wildman–Crippen LogP) is 14.8. The Kier molecular flexibility index (Phi) is 38.5. The van der Waals surface area contributed by atoms with Gasteiger partial charge in [0.25, 0.3) is 0 Å². The van der Waals surface area contributed by atoms with E-state index in [-0.39, 0.29) is 31.1 Å². The second-order valence-electron chi connectivity index (χ2n) is 17.8. The van der Waals surface area contributed by atoms with Crippen LogP contribution in [0.2, 0.25) is 0 Å². The standard InChI is InChI=1S/C48H92O6/c1-42(2)34-28-22-16-13-11-9-7-8-10-12-14-18-25-31-37-46(49)52-40-45(41-53-47(50)38-32-26-21-20-24-30-36-44(5)6)54-48(51)39-33-27-19-15-17-23-29-35-43(3)4/h42-45H,7-41H2,1-6H3/t45-/m0/s1. The van der Waals surface area contributed by atoms with Gasteiger partial charge in [-0.05, 0) is 37.0 Å². The molecule has 0 amide bonds. The number of esters is 3. The van der Waals surface area contributed by atoms with E-state index in [4.69, 9.17) is 14.2 Å². The molecule has 0 N–H and O–H groups in total. The maximum Gasteiger partial charge on any atom is 0.306 e. The van der Waals surface area contributed by atoms with Gasteiger partial charge in [0.2, 0.25) is 0 Å². The van der Waals surface area contributed by atoms with E-state index in [9.17, 15) is 14.4 Å². The lowest BCUT2D eigenvalue weighted by Gasteiger charge is -2.18. The van der Waals surface area contributed by atoms with Crippen molar-refractivity contribution in [2.45, 2.75) is 260 Å². The van der Waals surface area contributed by atoms with Gasteiger partial charge in [-0.1, -0.05) is 215 Å². The summed E-state index contributed by atoms with van der Waals surface area (Å²) in [5, 5.41) is 0. The molecule has 0 aromatic carbocycles. The van der Waals surface area contributed by atoms with E-state index in [1.165, 1.54) is 135 Å². The third kappa shape index (κ3) is 41.6. The molecule has 0 bridgehead atoms. The van der Waals surface area contributed by atoms with Crippen LogP contribution in [0.1, 0.15) is 253 Å². The Morgan fingerprint density at radius 1 is 0.315 bits per heavy atom. The molecule has 320 valence electrons. The second-order valence-corrected chi connectivity index (χ2v) is 17.8. The first-order chi connectivity index (χ1) is 26.1. The first-order valence-corrected chi connectivity index (χ1v) is 23.6. The molecule has 0 aliphatic rings. The molecule has 0 saturated carbocycles. The van der Waals surface area contributed by atoms with Crippen molar-refractivity contribution < 1.29 is 28.6 Å². The van der Waals surface area contributed by atoms with Crippen LogP contribution in [-0.2, 0) is 28.6 Å². The summed E-state index contributed by atoms with van der Waals surface area (Å²) in [6.07, 6.45) is 36.8. The van der Waals surface area contributed by atoms with Crippen molar-refractivity contribution in [2.75, 3.05) is 13.2 Å². The van der Waals surface area contributed by atoms with Crippen LogP contribution >= 0.6 is 0 Å².